The van der Waals surface area contributed by atoms with E-state index in [0.717, 1.165) is 11.1 Å². The summed E-state index contributed by atoms with van der Waals surface area (Å²) in [6.45, 7) is 1.99. The van der Waals surface area contributed by atoms with E-state index in [2.05, 4.69) is 10.6 Å². The summed E-state index contributed by atoms with van der Waals surface area (Å²) in [5.74, 6) is -1.56. The molecule has 1 atom stereocenters. The lowest BCUT2D eigenvalue weighted by Gasteiger charge is -2.17. The van der Waals surface area contributed by atoms with Gasteiger partial charge in [0.1, 0.15) is 6.10 Å². The van der Waals surface area contributed by atoms with Gasteiger partial charge < -0.3 is 20.5 Å². The highest BCUT2D eigenvalue weighted by atomic mass is 35.5. The summed E-state index contributed by atoms with van der Waals surface area (Å²) in [5.41, 5.74) is 2.20. The van der Waals surface area contributed by atoms with Crippen molar-refractivity contribution in [1.82, 2.24) is 5.32 Å². The summed E-state index contributed by atoms with van der Waals surface area (Å²) >= 11 is 7.50. The molecular formula is C17H19ClN2O4S. The molecule has 1 aromatic heterocycles. The normalized spacial score (nSPS) is 11.8. The molecule has 0 aliphatic heterocycles. The van der Waals surface area contributed by atoms with Crippen molar-refractivity contribution >= 4 is 40.4 Å². The highest BCUT2D eigenvalue weighted by Gasteiger charge is 2.18. The lowest BCUT2D eigenvalue weighted by Crippen LogP contribution is -2.38. The zero-order valence-electron chi connectivity index (χ0n) is 13.6. The fourth-order valence-corrected chi connectivity index (χ4v) is 2.93. The van der Waals surface area contributed by atoms with Crippen molar-refractivity contribution in [3.63, 3.8) is 0 Å². The van der Waals surface area contributed by atoms with Gasteiger partial charge in [0, 0.05) is 17.3 Å². The van der Waals surface area contributed by atoms with E-state index in [-0.39, 0.29) is 19.8 Å². The van der Waals surface area contributed by atoms with Gasteiger partial charge in [-0.05, 0) is 47.0 Å². The maximum atomic E-state index is 12.0. The molecule has 1 aromatic carbocycles. The Morgan fingerprint density at radius 1 is 1.32 bits per heavy atom. The molecule has 0 bridgehead atoms. The van der Waals surface area contributed by atoms with Crippen molar-refractivity contribution in [2.45, 2.75) is 13.0 Å². The number of amides is 2. The van der Waals surface area contributed by atoms with Gasteiger partial charge in [0.25, 0.3) is 0 Å². The number of carbonyl (C=O) groups is 2. The first kappa shape index (κ1) is 19.4. The maximum absolute atomic E-state index is 12.0. The summed E-state index contributed by atoms with van der Waals surface area (Å²) < 4.78 is 5.51. The van der Waals surface area contributed by atoms with Gasteiger partial charge in [-0.25, -0.2) is 0 Å². The van der Waals surface area contributed by atoms with E-state index in [1.165, 1.54) is 11.3 Å². The van der Waals surface area contributed by atoms with Crippen LogP contribution in [0.15, 0.2) is 35.0 Å². The van der Waals surface area contributed by atoms with E-state index in [4.69, 9.17) is 21.4 Å². The first-order valence-electron chi connectivity index (χ1n) is 7.61. The van der Waals surface area contributed by atoms with Crippen LogP contribution in [0.3, 0.4) is 0 Å². The Bertz CT molecular complexity index is 721. The number of hydrogen-bond donors (Lipinski definition) is 3. The molecule has 8 heteroatoms. The Kier molecular flexibility index (Phi) is 7.39. The van der Waals surface area contributed by atoms with E-state index in [1.54, 1.807) is 18.2 Å². The second-order valence-corrected chi connectivity index (χ2v) is 6.46. The number of aliphatic hydroxyl groups is 1. The van der Waals surface area contributed by atoms with Gasteiger partial charge in [-0.3, -0.25) is 9.59 Å². The van der Waals surface area contributed by atoms with Crippen LogP contribution in [0, 0.1) is 6.92 Å². The second kappa shape index (κ2) is 9.53. The van der Waals surface area contributed by atoms with Gasteiger partial charge in [-0.2, -0.15) is 11.3 Å². The van der Waals surface area contributed by atoms with Crippen molar-refractivity contribution < 1.29 is 19.4 Å². The highest BCUT2D eigenvalue weighted by molar-refractivity contribution is 7.07. The minimum atomic E-state index is -0.786. The summed E-state index contributed by atoms with van der Waals surface area (Å²) in [4.78, 5) is 24.0. The molecule has 0 aliphatic carbocycles. The lowest BCUT2D eigenvalue weighted by atomic mass is 10.2. The van der Waals surface area contributed by atoms with Crippen LogP contribution in [0.4, 0.5) is 5.69 Å². The fourth-order valence-electron chi connectivity index (χ4n) is 2.05. The maximum Gasteiger partial charge on any atom is 0.313 e. The Hall–Kier alpha value is -1.93. The topological polar surface area (TPSA) is 87.7 Å². The molecule has 2 rings (SSSR count). The molecule has 0 fully saturated rings. The summed E-state index contributed by atoms with van der Waals surface area (Å²) in [6.07, 6.45) is -0.427. The average molecular weight is 383 g/mol. The number of benzene rings is 1. The summed E-state index contributed by atoms with van der Waals surface area (Å²) in [7, 11) is 0. The number of halogens is 1. The van der Waals surface area contributed by atoms with Crippen LogP contribution in [0.2, 0.25) is 5.02 Å². The molecule has 0 saturated heterocycles. The third kappa shape index (κ3) is 5.82. The fraction of sp³-hybridized carbons (Fsp3) is 0.294. The molecule has 2 amide bonds. The highest BCUT2D eigenvalue weighted by Crippen LogP contribution is 2.20. The molecular weight excluding hydrogens is 364 g/mol. The van der Waals surface area contributed by atoms with E-state index in [1.807, 2.05) is 23.8 Å². The Balaban J connectivity index is 1.90. The van der Waals surface area contributed by atoms with Crippen LogP contribution < -0.4 is 10.6 Å². The van der Waals surface area contributed by atoms with E-state index >= 15 is 0 Å². The molecule has 1 heterocycles. The monoisotopic (exact) mass is 382 g/mol. The van der Waals surface area contributed by atoms with Gasteiger partial charge in [-0.1, -0.05) is 17.7 Å². The van der Waals surface area contributed by atoms with Crippen LogP contribution in [0.25, 0.3) is 0 Å². The largest absolute Gasteiger partial charge is 0.394 e. The van der Waals surface area contributed by atoms with Crippen LogP contribution in [-0.4, -0.2) is 36.7 Å². The van der Waals surface area contributed by atoms with E-state index in [9.17, 15) is 9.59 Å². The summed E-state index contributed by atoms with van der Waals surface area (Å²) in [6, 6.07) is 6.88. The van der Waals surface area contributed by atoms with E-state index in [0.29, 0.717) is 10.7 Å². The van der Waals surface area contributed by atoms with Crippen LogP contribution in [-0.2, 0) is 14.3 Å². The molecule has 25 heavy (non-hydrogen) atoms. The molecule has 0 aliphatic rings. The van der Waals surface area contributed by atoms with Gasteiger partial charge in [0.05, 0.1) is 13.2 Å². The molecule has 0 radical (unpaired) electrons. The number of aryl methyl sites for hydroxylation is 1. The molecule has 0 spiro atoms. The van der Waals surface area contributed by atoms with Crippen LogP contribution in [0.5, 0.6) is 0 Å². The number of nitrogens with one attached hydrogen (secondary N) is 2. The van der Waals surface area contributed by atoms with Crippen molar-refractivity contribution in [3.8, 4) is 0 Å². The van der Waals surface area contributed by atoms with Crippen LogP contribution in [0.1, 0.15) is 17.2 Å². The van der Waals surface area contributed by atoms with Crippen LogP contribution >= 0.6 is 22.9 Å². The minimum Gasteiger partial charge on any atom is -0.394 e. The third-order valence-electron chi connectivity index (χ3n) is 3.41. The number of hydrogen-bond acceptors (Lipinski definition) is 5. The Morgan fingerprint density at radius 3 is 2.76 bits per heavy atom. The smallest absolute Gasteiger partial charge is 0.313 e. The number of anilines is 1. The molecule has 134 valence electrons. The van der Waals surface area contributed by atoms with Gasteiger partial charge in [0.15, 0.2) is 0 Å². The first-order valence-corrected chi connectivity index (χ1v) is 8.93. The van der Waals surface area contributed by atoms with Crippen molar-refractivity contribution in [3.05, 3.63) is 51.2 Å². The number of aliphatic hydroxyl groups excluding tert-OH is 1. The zero-order valence-corrected chi connectivity index (χ0v) is 15.2. The molecule has 0 unspecified atom stereocenters. The SMILES string of the molecule is Cc1ccc(NC(=O)C(=O)NC[C@H](OCCO)c2ccsc2)cc1Cl. The van der Waals surface area contributed by atoms with E-state index < -0.39 is 17.9 Å². The van der Waals surface area contributed by atoms with Crippen molar-refractivity contribution in [2.24, 2.45) is 0 Å². The molecule has 0 saturated carbocycles. The van der Waals surface area contributed by atoms with Crippen molar-refractivity contribution in [2.75, 3.05) is 25.1 Å². The predicted molar refractivity (Wildman–Crippen MR) is 97.9 cm³/mol. The number of ether oxygens (including phenoxy) is 1. The number of thiophene rings is 1. The number of carbonyl (C=O) groups excluding carboxylic acids is 2. The molecule has 3 N–H and O–H groups in total. The first-order chi connectivity index (χ1) is 12.0. The Morgan fingerprint density at radius 2 is 2.12 bits per heavy atom. The van der Waals surface area contributed by atoms with Gasteiger partial charge in [-0.15, -0.1) is 0 Å². The quantitative estimate of drug-likeness (QED) is 0.642. The lowest BCUT2D eigenvalue weighted by molar-refractivity contribution is -0.136. The zero-order chi connectivity index (χ0) is 18.2. The van der Waals surface area contributed by atoms with Gasteiger partial charge >= 0.3 is 11.8 Å². The Labute approximate surface area is 154 Å². The standard InChI is InChI=1S/C17H19ClN2O4S/c1-11-2-3-13(8-14(11)18)20-17(23)16(22)19-9-15(24-6-5-21)12-4-7-25-10-12/h2-4,7-8,10,15,21H,5-6,9H2,1H3,(H,19,22)(H,20,23)/t15-/m0/s1. The molecule has 2 aromatic rings. The number of rotatable bonds is 7. The predicted octanol–water partition coefficient (Wildman–Crippen LogP) is 2.51. The van der Waals surface area contributed by atoms with Crippen molar-refractivity contribution in [1.29, 1.82) is 0 Å². The second-order valence-electron chi connectivity index (χ2n) is 5.27. The third-order valence-corrected chi connectivity index (χ3v) is 4.52. The summed E-state index contributed by atoms with van der Waals surface area (Å²) in [5, 5.41) is 18.2. The molecule has 6 nitrogen and oxygen atoms in total. The minimum absolute atomic E-state index is 0.122. The average Bonchev–Trinajstić information content (AvgIpc) is 3.12. The van der Waals surface area contributed by atoms with Gasteiger partial charge in [0.2, 0.25) is 0 Å².